The summed E-state index contributed by atoms with van der Waals surface area (Å²) in [6, 6.07) is 0. The van der Waals surface area contributed by atoms with Crippen LogP contribution in [0, 0.1) is 0 Å². The van der Waals surface area contributed by atoms with Gasteiger partial charge in [-0.2, -0.15) is 12.6 Å². The molecule has 0 amide bonds. The zero-order chi connectivity index (χ0) is 11.7. The molecule has 0 N–H and O–H groups in total. The van der Waals surface area contributed by atoms with Gasteiger partial charge in [0.1, 0.15) is 0 Å². The molecular formula is C11H26O2SSi. The highest BCUT2D eigenvalue weighted by Gasteiger charge is 2.36. The molecular weight excluding hydrogens is 224 g/mol. The summed E-state index contributed by atoms with van der Waals surface area (Å²) in [5.41, 5.74) is 0. The van der Waals surface area contributed by atoms with Crippen LogP contribution in [0.25, 0.3) is 0 Å². The van der Waals surface area contributed by atoms with Crippen LogP contribution >= 0.6 is 12.6 Å². The minimum absolute atomic E-state index is 0.286. The van der Waals surface area contributed by atoms with Crippen LogP contribution in [0.4, 0.5) is 0 Å². The van der Waals surface area contributed by atoms with E-state index in [1.165, 1.54) is 32.1 Å². The molecule has 0 aromatic heterocycles. The zero-order valence-electron chi connectivity index (χ0n) is 10.6. The topological polar surface area (TPSA) is 18.5 Å². The van der Waals surface area contributed by atoms with Crippen LogP contribution in [0.2, 0.25) is 6.55 Å². The van der Waals surface area contributed by atoms with E-state index in [1.54, 1.807) is 14.2 Å². The Kier molecular flexibility index (Phi) is 8.90. The third kappa shape index (κ3) is 5.95. The standard InChI is InChI=1S/C11H26O2SSi/c1-5-6-7-8-9-10-11(14)15(4,12-2)13-3/h11,14H,5-10H2,1-4H3. The first kappa shape index (κ1) is 15.5. The fourth-order valence-corrected chi connectivity index (χ4v) is 3.81. The van der Waals surface area contributed by atoms with Crippen molar-refractivity contribution >= 4 is 21.2 Å². The van der Waals surface area contributed by atoms with E-state index in [9.17, 15) is 0 Å². The summed E-state index contributed by atoms with van der Waals surface area (Å²) >= 11 is 4.61. The van der Waals surface area contributed by atoms with Gasteiger partial charge in [-0.3, -0.25) is 0 Å². The maximum absolute atomic E-state index is 5.47. The minimum Gasteiger partial charge on any atom is -0.397 e. The van der Waals surface area contributed by atoms with Crippen LogP contribution < -0.4 is 0 Å². The van der Waals surface area contributed by atoms with E-state index in [4.69, 9.17) is 8.85 Å². The van der Waals surface area contributed by atoms with Gasteiger partial charge >= 0.3 is 8.56 Å². The van der Waals surface area contributed by atoms with Crippen LogP contribution in [0.1, 0.15) is 45.4 Å². The first-order valence-electron chi connectivity index (χ1n) is 5.89. The van der Waals surface area contributed by atoms with E-state index in [2.05, 4.69) is 26.1 Å². The molecule has 0 rings (SSSR count). The van der Waals surface area contributed by atoms with Crippen molar-refractivity contribution in [2.75, 3.05) is 14.2 Å². The quantitative estimate of drug-likeness (QED) is 0.383. The highest BCUT2D eigenvalue weighted by Crippen LogP contribution is 2.21. The van der Waals surface area contributed by atoms with E-state index in [-0.39, 0.29) is 4.87 Å². The molecule has 0 saturated carbocycles. The molecule has 0 radical (unpaired) electrons. The fraction of sp³-hybridized carbons (Fsp3) is 1.00. The summed E-state index contributed by atoms with van der Waals surface area (Å²) in [6.45, 7) is 4.32. The predicted molar refractivity (Wildman–Crippen MR) is 71.8 cm³/mol. The summed E-state index contributed by atoms with van der Waals surface area (Å²) < 4.78 is 10.9. The maximum atomic E-state index is 5.47. The molecule has 0 aliphatic carbocycles. The molecule has 0 aromatic carbocycles. The van der Waals surface area contributed by atoms with Crippen LogP contribution in [-0.2, 0) is 8.85 Å². The average molecular weight is 250 g/mol. The molecule has 0 aliphatic rings. The third-order valence-corrected chi connectivity index (χ3v) is 7.78. The second kappa shape index (κ2) is 8.62. The van der Waals surface area contributed by atoms with E-state index in [1.807, 2.05) is 0 Å². The average Bonchev–Trinajstić information content (AvgIpc) is 2.27. The molecule has 0 fully saturated rings. The molecule has 15 heavy (non-hydrogen) atoms. The van der Waals surface area contributed by atoms with Crippen molar-refractivity contribution in [1.29, 1.82) is 0 Å². The number of hydrogen-bond acceptors (Lipinski definition) is 3. The summed E-state index contributed by atoms with van der Waals surface area (Å²) in [4.78, 5) is 0.286. The first-order valence-corrected chi connectivity index (χ1v) is 8.80. The molecule has 0 saturated heterocycles. The molecule has 1 atom stereocenters. The van der Waals surface area contributed by atoms with Crippen LogP contribution in [-0.4, -0.2) is 27.7 Å². The minimum atomic E-state index is -2.01. The lowest BCUT2D eigenvalue weighted by Gasteiger charge is -2.28. The van der Waals surface area contributed by atoms with Crippen molar-refractivity contribution < 1.29 is 8.85 Å². The lowest BCUT2D eigenvalue weighted by molar-refractivity contribution is 0.246. The van der Waals surface area contributed by atoms with E-state index < -0.39 is 8.56 Å². The largest absolute Gasteiger partial charge is 0.397 e. The molecule has 4 heteroatoms. The van der Waals surface area contributed by atoms with Crippen molar-refractivity contribution in [2.24, 2.45) is 0 Å². The number of unbranched alkanes of at least 4 members (excludes halogenated alkanes) is 4. The second-order valence-electron chi connectivity index (χ2n) is 4.14. The van der Waals surface area contributed by atoms with Gasteiger partial charge in [-0.05, 0) is 13.0 Å². The van der Waals surface area contributed by atoms with Crippen LogP contribution in [0.5, 0.6) is 0 Å². The Morgan fingerprint density at radius 3 is 2.07 bits per heavy atom. The van der Waals surface area contributed by atoms with Crippen molar-refractivity contribution in [3.8, 4) is 0 Å². The van der Waals surface area contributed by atoms with Gasteiger partial charge in [0.2, 0.25) is 0 Å². The fourth-order valence-electron chi connectivity index (χ4n) is 1.56. The number of hydrogen-bond donors (Lipinski definition) is 1. The van der Waals surface area contributed by atoms with Crippen molar-refractivity contribution in [1.82, 2.24) is 0 Å². The predicted octanol–water partition coefficient (Wildman–Crippen LogP) is 3.55. The molecule has 0 spiro atoms. The lowest BCUT2D eigenvalue weighted by atomic mass is 10.1. The van der Waals surface area contributed by atoms with Crippen molar-refractivity contribution in [3.63, 3.8) is 0 Å². The monoisotopic (exact) mass is 250 g/mol. The maximum Gasteiger partial charge on any atom is 0.347 e. The third-order valence-electron chi connectivity index (χ3n) is 3.00. The Morgan fingerprint density at radius 1 is 1.07 bits per heavy atom. The molecule has 0 aromatic rings. The molecule has 2 nitrogen and oxygen atoms in total. The van der Waals surface area contributed by atoms with Crippen molar-refractivity contribution in [2.45, 2.75) is 56.9 Å². The summed E-state index contributed by atoms with van der Waals surface area (Å²) in [6.07, 6.45) is 7.64. The van der Waals surface area contributed by atoms with Gasteiger partial charge in [-0.25, -0.2) is 0 Å². The van der Waals surface area contributed by atoms with Gasteiger partial charge in [0.15, 0.2) is 0 Å². The first-order chi connectivity index (χ1) is 7.10. The molecule has 0 heterocycles. The van der Waals surface area contributed by atoms with E-state index >= 15 is 0 Å². The Hall–Kier alpha value is 0.487. The van der Waals surface area contributed by atoms with Gasteiger partial charge < -0.3 is 8.85 Å². The van der Waals surface area contributed by atoms with Gasteiger partial charge in [0.25, 0.3) is 0 Å². The van der Waals surface area contributed by atoms with Gasteiger partial charge in [0.05, 0.1) is 0 Å². The molecule has 0 aliphatic heterocycles. The smallest absolute Gasteiger partial charge is 0.347 e. The molecule has 0 bridgehead atoms. The lowest BCUT2D eigenvalue weighted by Crippen LogP contribution is -2.46. The number of thiol groups is 1. The van der Waals surface area contributed by atoms with Gasteiger partial charge in [0, 0.05) is 19.1 Å². The van der Waals surface area contributed by atoms with E-state index in [0.29, 0.717) is 0 Å². The normalized spacial score (nSPS) is 14.2. The summed E-state index contributed by atoms with van der Waals surface area (Å²) in [5.74, 6) is 0. The molecule has 92 valence electrons. The second-order valence-corrected chi connectivity index (χ2v) is 8.80. The summed E-state index contributed by atoms with van der Waals surface area (Å²) in [7, 11) is 1.46. The van der Waals surface area contributed by atoms with Crippen LogP contribution in [0.3, 0.4) is 0 Å². The Bertz CT molecular complexity index is 152. The summed E-state index contributed by atoms with van der Waals surface area (Å²) in [5, 5.41) is 0. The highest BCUT2D eigenvalue weighted by atomic mass is 32.1. The Morgan fingerprint density at radius 2 is 1.60 bits per heavy atom. The highest BCUT2D eigenvalue weighted by molar-refractivity contribution is 7.83. The zero-order valence-corrected chi connectivity index (χ0v) is 12.5. The Balaban J connectivity index is 3.67. The number of rotatable bonds is 9. The van der Waals surface area contributed by atoms with Gasteiger partial charge in [-0.15, -0.1) is 0 Å². The van der Waals surface area contributed by atoms with Crippen LogP contribution in [0.15, 0.2) is 0 Å². The van der Waals surface area contributed by atoms with Crippen molar-refractivity contribution in [3.05, 3.63) is 0 Å². The Labute approximate surface area is 101 Å². The van der Waals surface area contributed by atoms with Gasteiger partial charge in [-0.1, -0.05) is 39.0 Å². The molecule has 1 unspecified atom stereocenters. The van der Waals surface area contributed by atoms with E-state index in [0.717, 1.165) is 6.42 Å². The SMILES string of the molecule is CCCCCCCC(S)[Si](C)(OC)OC.